The second-order valence-electron chi connectivity index (χ2n) is 5.44. The van der Waals surface area contributed by atoms with Crippen molar-refractivity contribution in [3.8, 4) is 0 Å². The molecule has 1 saturated heterocycles. The van der Waals surface area contributed by atoms with Crippen molar-refractivity contribution in [1.82, 2.24) is 15.5 Å². The summed E-state index contributed by atoms with van der Waals surface area (Å²) in [7, 11) is 1.53. The molecule has 1 aromatic carbocycles. The number of carbonyl (C=O) groups excluding carboxylic acids is 4. The van der Waals surface area contributed by atoms with Gasteiger partial charge in [0.05, 0.1) is 6.42 Å². The fraction of sp³-hybridized carbons (Fsp3) is 0.375. The van der Waals surface area contributed by atoms with Gasteiger partial charge in [-0.3, -0.25) is 19.2 Å². The number of nitrogens with one attached hydrogen (secondary N) is 3. The highest BCUT2D eigenvalue weighted by Gasteiger charge is 2.34. The first kappa shape index (κ1) is 18.7. The molecule has 134 valence electrons. The molecule has 0 bridgehead atoms. The number of carbonyl (C=O) groups is 4. The fourth-order valence-electron chi connectivity index (χ4n) is 2.53. The van der Waals surface area contributed by atoms with Crippen LogP contribution < -0.4 is 16.0 Å². The molecule has 1 atom stereocenters. The molecule has 1 aliphatic heterocycles. The first-order valence-electron chi connectivity index (χ1n) is 7.71. The van der Waals surface area contributed by atoms with Crippen molar-refractivity contribution in [2.45, 2.75) is 12.5 Å². The van der Waals surface area contributed by atoms with Crippen LogP contribution in [-0.2, 0) is 14.4 Å². The third-order valence-electron chi connectivity index (χ3n) is 3.80. The highest BCUT2D eigenvalue weighted by Crippen LogP contribution is 2.14. The van der Waals surface area contributed by atoms with Crippen LogP contribution in [0.2, 0.25) is 0 Å². The Balaban J connectivity index is 2.01. The van der Waals surface area contributed by atoms with Crippen molar-refractivity contribution in [2.75, 3.05) is 31.3 Å². The minimum atomic E-state index is -0.884. The zero-order valence-electron chi connectivity index (χ0n) is 13.7. The molecular weight excluding hydrogens is 348 g/mol. The number of hydrogen-bond acceptors (Lipinski definition) is 4. The van der Waals surface area contributed by atoms with Crippen LogP contribution in [0.15, 0.2) is 24.3 Å². The highest BCUT2D eigenvalue weighted by molar-refractivity contribution is 6.27. The van der Waals surface area contributed by atoms with Gasteiger partial charge in [-0.05, 0) is 24.3 Å². The Morgan fingerprint density at radius 3 is 2.56 bits per heavy atom. The molecule has 25 heavy (non-hydrogen) atoms. The van der Waals surface area contributed by atoms with E-state index >= 15 is 0 Å². The first-order chi connectivity index (χ1) is 12.0. The molecule has 9 heteroatoms. The molecule has 0 radical (unpaired) electrons. The zero-order chi connectivity index (χ0) is 18.4. The molecule has 1 fully saturated rings. The van der Waals surface area contributed by atoms with Crippen LogP contribution in [0, 0.1) is 0 Å². The smallest absolute Gasteiger partial charge is 0.251 e. The van der Waals surface area contributed by atoms with Gasteiger partial charge in [-0.25, -0.2) is 0 Å². The summed E-state index contributed by atoms with van der Waals surface area (Å²) in [6.45, 7) is 0.649. The summed E-state index contributed by atoms with van der Waals surface area (Å²) in [6, 6.07) is 5.44. The predicted octanol–water partition coefficient (Wildman–Crippen LogP) is -0.0594. The maximum Gasteiger partial charge on any atom is 0.251 e. The van der Waals surface area contributed by atoms with Gasteiger partial charge in [0.2, 0.25) is 17.7 Å². The van der Waals surface area contributed by atoms with Gasteiger partial charge in [0.15, 0.2) is 0 Å². The van der Waals surface area contributed by atoms with E-state index in [9.17, 15) is 19.2 Å². The number of piperazine rings is 1. The van der Waals surface area contributed by atoms with Gasteiger partial charge in [0.25, 0.3) is 5.91 Å². The lowest BCUT2D eigenvalue weighted by Gasteiger charge is -2.34. The lowest BCUT2D eigenvalue weighted by molar-refractivity contribution is -0.143. The third kappa shape index (κ3) is 4.69. The van der Waals surface area contributed by atoms with Crippen LogP contribution in [0.25, 0.3) is 0 Å². The van der Waals surface area contributed by atoms with E-state index in [0.29, 0.717) is 24.3 Å². The molecule has 0 saturated carbocycles. The maximum atomic E-state index is 12.2. The lowest BCUT2D eigenvalue weighted by Crippen LogP contribution is -2.58. The van der Waals surface area contributed by atoms with E-state index in [0.717, 1.165) is 0 Å². The normalized spacial score (nSPS) is 16.8. The summed E-state index contributed by atoms with van der Waals surface area (Å²) in [5.74, 6) is -1.65. The molecule has 1 heterocycles. The lowest BCUT2D eigenvalue weighted by atomic mass is 10.1. The van der Waals surface area contributed by atoms with E-state index in [1.165, 1.54) is 11.9 Å². The van der Waals surface area contributed by atoms with Crippen LogP contribution >= 0.6 is 11.6 Å². The Kier molecular flexibility index (Phi) is 6.35. The highest BCUT2D eigenvalue weighted by atomic mass is 35.5. The van der Waals surface area contributed by atoms with Crippen LogP contribution in [-0.4, -0.2) is 60.6 Å². The number of nitrogens with zero attached hydrogens (tertiary/aromatic N) is 1. The summed E-state index contributed by atoms with van der Waals surface area (Å²) in [4.78, 5) is 48.8. The van der Waals surface area contributed by atoms with E-state index < -0.39 is 11.9 Å². The molecule has 0 unspecified atom stereocenters. The largest absolute Gasteiger partial charge is 0.355 e. The number of benzene rings is 1. The molecule has 0 aromatic heterocycles. The molecule has 3 N–H and O–H groups in total. The van der Waals surface area contributed by atoms with Gasteiger partial charge in [-0.1, -0.05) is 0 Å². The third-order valence-corrected chi connectivity index (χ3v) is 4.03. The molecular formula is C16H19ClN4O4. The minimum absolute atomic E-state index is 0.175. The zero-order valence-corrected chi connectivity index (χ0v) is 14.4. The topological polar surface area (TPSA) is 108 Å². The van der Waals surface area contributed by atoms with Crippen molar-refractivity contribution in [2.24, 2.45) is 0 Å². The van der Waals surface area contributed by atoms with Crippen LogP contribution in [0.5, 0.6) is 0 Å². The van der Waals surface area contributed by atoms with Crippen LogP contribution in [0.4, 0.5) is 5.69 Å². The Morgan fingerprint density at radius 1 is 1.28 bits per heavy atom. The van der Waals surface area contributed by atoms with Gasteiger partial charge in [-0.2, -0.15) is 0 Å². The number of anilines is 1. The van der Waals surface area contributed by atoms with Crippen molar-refractivity contribution in [3.05, 3.63) is 29.8 Å². The number of alkyl halides is 1. The molecule has 4 amide bonds. The predicted molar refractivity (Wildman–Crippen MR) is 92.3 cm³/mol. The van der Waals surface area contributed by atoms with Crippen LogP contribution in [0.3, 0.4) is 0 Å². The standard InChI is InChI=1S/C16H19ClN4O4/c1-18-15(24)10-2-4-11(5-3-10)20-13(22)8-12-16(25)19-6-7-21(12)14(23)9-17/h2-5,12H,6-9H2,1H3,(H,18,24)(H,19,25)(H,20,22)/t12-/m0/s1. The first-order valence-corrected chi connectivity index (χ1v) is 8.25. The van der Waals surface area contributed by atoms with Crippen LogP contribution in [0.1, 0.15) is 16.8 Å². The number of amides is 4. The molecule has 0 aliphatic carbocycles. The summed E-state index contributed by atoms with van der Waals surface area (Å²) in [5, 5.41) is 7.79. The average Bonchev–Trinajstić information content (AvgIpc) is 2.62. The van der Waals surface area contributed by atoms with Crippen molar-refractivity contribution < 1.29 is 19.2 Å². The van der Waals surface area contributed by atoms with E-state index in [2.05, 4.69) is 16.0 Å². The minimum Gasteiger partial charge on any atom is -0.355 e. The monoisotopic (exact) mass is 366 g/mol. The number of halogens is 1. The van der Waals surface area contributed by atoms with Gasteiger partial charge < -0.3 is 20.9 Å². The quantitative estimate of drug-likeness (QED) is 0.634. The summed E-state index contributed by atoms with van der Waals surface area (Å²) < 4.78 is 0. The second-order valence-corrected chi connectivity index (χ2v) is 5.70. The summed E-state index contributed by atoms with van der Waals surface area (Å²) in [5.41, 5.74) is 0.954. The Bertz CT molecular complexity index is 677. The molecule has 8 nitrogen and oxygen atoms in total. The van der Waals surface area contributed by atoms with Gasteiger partial charge in [0, 0.05) is 31.4 Å². The van der Waals surface area contributed by atoms with E-state index in [4.69, 9.17) is 11.6 Å². The number of hydrogen-bond donors (Lipinski definition) is 3. The SMILES string of the molecule is CNC(=O)c1ccc(NC(=O)C[C@H]2C(=O)NCCN2C(=O)CCl)cc1. The summed E-state index contributed by atoms with van der Waals surface area (Å²) >= 11 is 5.56. The maximum absolute atomic E-state index is 12.2. The Hall–Kier alpha value is -2.61. The molecule has 0 spiro atoms. The fourth-order valence-corrected chi connectivity index (χ4v) is 2.68. The van der Waals surface area contributed by atoms with Crippen molar-refractivity contribution in [1.29, 1.82) is 0 Å². The average molecular weight is 367 g/mol. The van der Waals surface area contributed by atoms with Crippen molar-refractivity contribution >= 4 is 40.9 Å². The van der Waals surface area contributed by atoms with Crippen molar-refractivity contribution in [3.63, 3.8) is 0 Å². The molecule has 2 rings (SSSR count). The van der Waals surface area contributed by atoms with E-state index in [-0.39, 0.29) is 30.0 Å². The summed E-state index contributed by atoms with van der Waals surface area (Å²) in [6.07, 6.45) is -0.175. The van der Waals surface area contributed by atoms with E-state index in [1.807, 2.05) is 0 Å². The molecule has 1 aliphatic rings. The molecule has 1 aromatic rings. The van der Waals surface area contributed by atoms with Gasteiger partial charge in [0.1, 0.15) is 11.9 Å². The van der Waals surface area contributed by atoms with Gasteiger partial charge >= 0.3 is 0 Å². The Labute approximate surface area is 149 Å². The number of rotatable bonds is 5. The Morgan fingerprint density at radius 2 is 1.96 bits per heavy atom. The second kappa shape index (κ2) is 8.48. The van der Waals surface area contributed by atoms with Gasteiger partial charge in [-0.15, -0.1) is 11.6 Å². The van der Waals surface area contributed by atoms with E-state index in [1.54, 1.807) is 24.3 Å².